The van der Waals surface area contributed by atoms with Crippen molar-refractivity contribution in [3.8, 4) is 16.9 Å². The van der Waals surface area contributed by atoms with Crippen LogP contribution in [0.2, 0.25) is 0 Å². The average Bonchev–Trinajstić information content (AvgIpc) is 3.13. The van der Waals surface area contributed by atoms with Gasteiger partial charge in [0.15, 0.2) is 5.65 Å². The predicted molar refractivity (Wildman–Crippen MR) is 126 cm³/mol. The normalized spacial score (nSPS) is 13.3. The highest BCUT2D eigenvalue weighted by Crippen LogP contribution is 2.32. The van der Waals surface area contributed by atoms with Gasteiger partial charge in [0.05, 0.1) is 12.8 Å². The van der Waals surface area contributed by atoms with E-state index in [4.69, 9.17) is 9.84 Å². The molecule has 6 nitrogen and oxygen atoms in total. The summed E-state index contributed by atoms with van der Waals surface area (Å²) in [6, 6.07) is 16.3. The van der Waals surface area contributed by atoms with Crippen LogP contribution < -0.4 is 9.64 Å². The molecule has 1 aliphatic rings. The Labute approximate surface area is 187 Å². The van der Waals surface area contributed by atoms with E-state index in [9.17, 15) is 4.79 Å². The molecule has 4 aromatic rings. The monoisotopic (exact) mass is 426 g/mol. The largest absolute Gasteiger partial charge is 0.497 e. The van der Waals surface area contributed by atoms with Crippen molar-refractivity contribution >= 4 is 22.6 Å². The molecule has 0 saturated heterocycles. The number of aromatic nitrogens is 3. The third-order valence-electron chi connectivity index (χ3n) is 6.15. The number of carbonyl (C=O) groups excluding carboxylic acids is 1. The van der Waals surface area contributed by atoms with Crippen molar-refractivity contribution in [3.63, 3.8) is 0 Å². The zero-order chi connectivity index (χ0) is 22.2. The van der Waals surface area contributed by atoms with Gasteiger partial charge >= 0.3 is 0 Å². The SMILES string of the molecule is COc1ccc(-c2ccnc3c2c(C)nn3CC(=O)N2CCCc3cc(C)ccc32)cc1. The molecule has 0 spiro atoms. The highest BCUT2D eigenvalue weighted by Gasteiger charge is 2.24. The first kappa shape index (κ1) is 20.2. The number of rotatable bonds is 4. The molecule has 0 fully saturated rings. The molecule has 2 aromatic heterocycles. The molecule has 0 unspecified atom stereocenters. The minimum atomic E-state index is 0.0378. The van der Waals surface area contributed by atoms with E-state index >= 15 is 0 Å². The lowest BCUT2D eigenvalue weighted by Crippen LogP contribution is -2.38. The second-order valence-electron chi connectivity index (χ2n) is 8.31. The smallest absolute Gasteiger partial charge is 0.248 e. The second kappa shape index (κ2) is 8.11. The van der Waals surface area contributed by atoms with Crippen molar-refractivity contribution in [2.75, 3.05) is 18.6 Å². The van der Waals surface area contributed by atoms with Crippen molar-refractivity contribution in [2.24, 2.45) is 0 Å². The molecule has 1 amide bonds. The third kappa shape index (κ3) is 3.51. The fourth-order valence-corrected chi connectivity index (χ4v) is 4.60. The number of benzene rings is 2. The van der Waals surface area contributed by atoms with E-state index in [1.54, 1.807) is 18.0 Å². The summed E-state index contributed by atoms with van der Waals surface area (Å²) in [5.41, 5.74) is 7.19. The van der Waals surface area contributed by atoms with Crippen LogP contribution in [0.3, 0.4) is 0 Å². The number of fused-ring (bicyclic) bond motifs is 2. The molecule has 162 valence electrons. The summed E-state index contributed by atoms with van der Waals surface area (Å²) in [6.07, 6.45) is 3.77. The first-order valence-corrected chi connectivity index (χ1v) is 10.9. The van der Waals surface area contributed by atoms with Crippen molar-refractivity contribution in [2.45, 2.75) is 33.2 Å². The van der Waals surface area contributed by atoms with Crippen LogP contribution in [0.1, 0.15) is 23.2 Å². The van der Waals surface area contributed by atoms with Crippen LogP contribution in [-0.2, 0) is 17.8 Å². The summed E-state index contributed by atoms with van der Waals surface area (Å²) in [4.78, 5) is 19.8. The van der Waals surface area contributed by atoms with Gasteiger partial charge in [-0.25, -0.2) is 9.67 Å². The lowest BCUT2D eigenvalue weighted by atomic mass is 9.99. The van der Waals surface area contributed by atoms with Gasteiger partial charge in [-0.1, -0.05) is 29.8 Å². The number of ether oxygens (including phenoxy) is 1. The Morgan fingerprint density at radius 2 is 1.91 bits per heavy atom. The van der Waals surface area contributed by atoms with Crippen molar-refractivity contribution < 1.29 is 9.53 Å². The number of nitrogens with zero attached hydrogens (tertiary/aromatic N) is 4. The molecule has 32 heavy (non-hydrogen) atoms. The minimum Gasteiger partial charge on any atom is -0.497 e. The maximum absolute atomic E-state index is 13.3. The third-order valence-corrected chi connectivity index (χ3v) is 6.15. The molecule has 2 aromatic carbocycles. The van der Waals surface area contributed by atoms with Crippen molar-refractivity contribution in [1.29, 1.82) is 0 Å². The predicted octanol–water partition coefficient (Wildman–Crippen LogP) is 4.70. The zero-order valence-electron chi connectivity index (χ0n) is 18.6. The molecule has 3 heterocycles. The average molecular weight is 427 g/mol. The highest BCUT2D eigenvalue weighted by atomic mass is 16.5. The summed E-state index contributed by atoms with van der Waals surface area (Å²) in [5, 5.41) is 5.67. The summed E-state index contributed by atoms with van der Waals surface area (Å²) in [5.74, 6) is 0.852. The molecule has 0 bridgehead atoms. The van der Waals surface area contributed by atoms with Gasteiger partial charge in [-0.2, -0.15) is 5.10 Å². The van der Waals surface area contributed by atoms with Crippen molar-refractivity contribution in [1.82, 2.24) is 14.8 Å². The lowest BCUT2D eigenvalue weighted by molar-refractivity contribution is -0.119. The van der Waals surface area contributed by atoms with Gasteiger partial charge in [-0.3, -0.25) is 4.79 Å². The topological polar surface area (TPSA) is 60.3 Å². The van der Waals surface area contributed by atoms with Crippen LogP contribution in [-0.4, -0.2) is 34.3 Å². The number of methoxy groups -OCH3 is 1. The fourth-order valence-electron chi connectivity index (χ4n) is 4.60. The van der Waals surface area contributed by atoms with Gasteiger partial charge in [0, 0.05) is 23.8 Å². The quantitative estimate of drug-likeness (QED) is 0.474. The fraction of sp³-hybridized carbons (Fsp3) is 0.269. The van der Waals surface area contributed by atoms with E-state index in [0.29, 0.717) is 0 Å². The van der Waals surface area contributed by atoms with Gasteiger partial charge in [-0.15, -0.1) is 0 Å². The van der Waals surface area contributed by atoms with E-state index in [1.165, 1.54) is 11.1 Å². The Hall–Kier alpha value is -3.67. The lowest BCUT2D eigenvalue weighted by Gasteiger charge is -2.29. The van der Waals surface area contributed by atoms with Crippen LogP contribution in [0.25, 0.3) is 22.2 Å². The molecule has 0 radical (unpaired) electrons. The molecular weight excluding hydrogens is 400 g/mol. The Bertz CT molecular complexity index is 1310. The number of carbonyl (C=O) groups is 1. The van der Waals surface area contributed by atoms with E-state index in [1.807, 2.05) is 42.2 Å². The molecule has 1 aliphatic heterocycles. The zero-order valence-corrected chi connectivity index (χ0v) is 18.6. The molecule has 6 heteroatoms. The number of hydrogen-bond donors (Lipinski definition) is 0. The molecule has 0 N–H and O–H groups in total. The highest BCUT2D eigenvalue weighted by molar-refractivity contribution is 5.97. The van der Waals surface area contributed by atoms with Crippen LogP contribution in [0, 0.1) is 13.8 Å². The van der Waals surface area contributed by atoms with E-state index < -0.39 is 0 Å². The van der Waals surface area contributed by atoms with Gasteiger partial charge in [0.25, 0.3) is 0 Å². The number of aryl methyl sites for hydroxylation is 3. The summed E-state index contributed by atoms with van der Waals surface area (Å²) >= 11 is 0. The maximum Gasteiger partial charge on any atom is 0.248 e. The number of pyridine rings is 1. The van der Waals surface area contributed by atoms with E-state index in [2.05, 4.69) is 30.1 Å². The molecular formula is C26H26N4O2. The number of anilines is 1. The molecule has 0 aliphatic carbocycles. The Morgan fingerprint density at radius 3 is 2.69 bits per heavy atom. The summed E-state index contributed by atoms with van der Waals surface area (Å²) < 4.78 is 7.02. The van der Waals surface area contributed by atoms with Gasteiger partial charge < -0.3 is 9.64 Å². The van der Waals surface area contributed by atoms with Crippen LogP contribution in [0.15, 0.2) is 54.7 Å². The van der Waals surface area contributed by atoms with Crippen LogP contribution in [0.5, 0.6) is 5.75 Å². The molecule has 5 rings (SSSR count). The standard InChI is InChI=1S/C26H26N4O2/c1-17-6-11-23-20(15-17)5-4-14-29(23)24(31)16-30-26-25(18(2)28-30)22(12-13-27-26)19-7-9-21(32-3)10-8-19/h6-13,15H,4-5,14,16H2,1-3H3. The maximum atomic E-state index is 13.3. The first-order chi connectivity index (χ1) is 15.5. The van der Waals surface area contributed by atoms with Gasteiger partial charge in [-0.05, 0) is 67.6 Å². The molecule has 0 atom stereocenters. The number of amides is 1. The Balaban J connectivity index is 1.49. The van der Waals surface area contributed by atoms with E-state index in [0.717, 1.165) is 58.7 Å². The molecule has 0 saturated carbocycles. The van der Waals surface area contributed by atoms with E-state index in [-0.39, 0.29) is 12.5 Å². The summed E-state index contributed by atoms with van der Waals surface area (Å²) in [6.45, 7) is 4.96. The van der Waals surface area contributed by atoms with Crippen LogP contribution >= 0.6 is 0 Å². The minimum absolute atomic E-state index is 0.0378. The van der Waals surface area contributed by atoms with Gasteiger partial charge in [0.2, 0.25) is 5.91 Å². The first-order valence-electron chi connectivity index (χ1n) is 10.9. The Morgan fingerprint density at radius 1 is 1.09 bits per heavy atom. The van der Waals surface area contributed by atoms with Crippen molar-refractivity contribution in [3.05, 3.63) is 71.5 Å². The number of hydrogen-bond acceptors (Lipinski definition) is 4. The summed E-state index contributed by atoms with van der Waals surface area (Å²) in [7, 11) is 1.66. The van der Waals surface area contributed by atoms with Gasteiger partial charge in [0.1, 0.15) is 12.3 Å². The second-order valence-corrected chi connectivity index (χ2v) is 8.31. The Kier molecular flexibility index (Phi) is 5.13. The van der Waals surface area contributed by atoms with Crippen LogP contribution in [0.4, 0.5) is 5.69 Å².